The van der Waals surface area contributed by atoms with Gasteiger partial charge in [-0.05, 0) is 24.7 Å². The maximum atomic E-state index is 9.55. The van der Waals surface area contributed by atoms with Crippen LogP contribution in [0.5, 0.6) is 0 Å². The van der Waals surface area contributed by atoms with Crippen molar-refractivity contribution in [2.45, 2.75) is 52.2 Å². The van der Waals surface area contributed by atoms with Gasteiger partial charge in [0, 0.05) is 18.0 Å². The first kappa shape index (κ1) is 9.47. The van der Waals surface area contributed by atoms with Gasteiger partial charge >= 0.3 is 0 Å². The van der Waals surface area contributed by atoms with Crippen LogP contribution in [-0.4, -0.2) is 23.8 Å². The van der Waals surface area contributed by atoms with Crippen molar-refractivity contribution in [3.05, 3.63) is 0 Å². The summed E-state index contributed by atoms with van der Waals surface area (Å²) in [4.78, 5) is 0. The predicted molar refractivity (Wildman–Crippen MR) is 53.5 cm³/mol. The number of rotatable bonds is 3. The molecule has 2 N–H and O–H groups in total. The van der Waals surface area contributed by atoms with Crippen LogP contribution in [-0.2, 0) is 0 Å². The molecule has 0 aromatic carbocycles. The third-order valence-corrected chi connectivity index (χ3v) is 4.09. The van der Waals surface area contributed by atoms with E-state index in [-0.39, 0.29) is 11.5 Å². The fraction of sp³-hybridized carbons (Fsp3) is 1.00. The molecule has 0 amide bonds. The third kappa shape index (κ3) is 1.62. The Morgan fingerprint density at radius 2 is 1.92 bits per heavy atom. The second-order valence-corrected chi connectivity index (χ2v) is 5.82. The van der Waals surface area contributed by atoms with Crippen molar-refractivity contribution in [2.24, 2.45) is 10.8 Å². The molecular formula is C11H21NO. The summed E-state index contributed by atoms with van der Waals surface area (Å²) in [5, 5.41) is 13.1. The van der Waals surface area contributed by atoms with Gasteiger partial charge in [0.05, 0.1) is 6.10 Å². The van der Waals surface area contributed by atoms with Gasteiger partial charge in [0.25, 0.3) is 0 Å². The summed E-state index contributed by atoms with van der Waals surface area (Å²) in [5.41, 5.74) is 0.669. The Labute approximate surface area is 80.7 Å². The zero-order valence-corrected chi connectivity index (χ0v) is 8.93. The molecule has 2 atom stereocenters. The molecule has 0 spiro atoms. The Hall–Kier alpha value is -0.0800. The van der Waals surface area contributed by atoms with Crippen molar-refractivity contribution in [3.63, 3.8) is 0 Å². The van der Waals surface area contributed by atoms with Gasteiger partial charge in [0.15, 0.2) is 0 Å². The lowest BCUT2D eigenvalue weighted by Crippen LogP contribution is -2.60. The van der Waals surface area contributed by atoms with Crippen molar-refractivity contribution < 1.29 is 5.11 Å². The van der Waals surface area contributed by atoms with Gasteiger partial charge in [-0.15, -0.1) is 0 Å². The van der Waals surface area contributed by atoms with Crippen molar-refractivity contribution >= 4 is 0 Å². The van der Waals surface area contributed by atoms with Gasteiger partial charge in [0.1, 0.15) is 0 Å². The largest absolute Gasteiger partial charge is 0.392 e. The molecule has 2 fully saturated rings. The Morgan fingerprint density at radius 3 is 2.31 bits per heavy atom. The zero-order chi connectivity index (χ0) is 9.69. The highest BCUT2D eigenvalue weighted by Gasteiger charge is 2.48. The zero-order valence-electron chi connectivity index (χ0n) is 8.93. The first-order valence-corrected chi connectivity index (χ1v) is 5.35. The van der Waals surface area contributed by atoms with Crippen LogP contribution < -0.4 is 5.32 Å². The molecule has 0 heterocycles. The lowest BCUT2D eigenvalue weighted by Gasteiger charge is -2.50. The standard InChI is InChI=1S/C11H21NO/c1-10(2)8(6-9(10)13)12-7-11(3)4-5-11/h8-9,12-13H,4-7H2,1-3H3. The average molecular weight is 183 g/mol. The van der Waals surface area contributed by atoms with Gasteiger partial charge in [-0.3, -0.25) is 0 Å². The van der Waals surface area contributed by atoms with Crippen LogP contribution in [0.2, 0.25) is 0 Å². The molecule has 0 saturated heterocycles. The fourth-order valence-corrected chi connectivity index (χ4v) is 2.01. The maximum absolute atomic E-state index is 9.55. The second kappa shape index (κ2) is 2.71. The summed E-state index contributed by atoms with van der Waals surface area (Å²) in [6.45, 7) is 7.76. The molecule has 2 nitrogen and oxygen atoms in total. The SMILES string of the molecule is CC1(CNC2CC(O)C2(C)C)CC1. The molecule has 2 unspecified atom stereocenters. The van der Waals surface area contributed by atoms with Gasteiger partial charge in [0.2, 0.25) is 0 Å². The number of aliphatic hydroxyl groups excluding tert-OH is 1. The van der Waals surface area contributed by atoms with Crippen molar-refractivity contribution in [3.8, 4) is 0 Å². The summed E-state index contributed by atoms with van der Waals surface area (Å²) < 4.78 is 0. The number of nitrogens with one attached hydrogen (secondary N) is 1. The molecule has 2 aliphatic carbocycles. The van der Waals surface area contributed by atoms with Gasteiger partial charge < -0.3 is 10.4 Å². The van der Waals surface area contributed by atoms with E-state index in [0.717, 1.165) is 13.0 Å². The minimum Gasteiger partial charge on any atom is -0.392 e. The topological polar surface area (TPSA) is 32.3 Å². The van der Waals surface area contributed by atoms with E-state index in [9.17, 15) is 5.11 Å². The van der Waals surface area contributed by atoms with Crippen LogP contribution in [0.3, 0.4) is 0 Å². The molecule has 0 bridgehead atoms. The van der Waals surface area contributed by atoms with E-state index in [4.69, 9.17) is 0 Å². The summed E-state index contributed by atoms with van der Waals surface area (Å²) >= 11 is 0. The van der Waals surface area contributed by atoms with Crippen LogP contribution in [0.15, 0.2) is 0 Å². The van der Waals surface area contributed by atoms with E-state index >= 15 is 0 Å². The third-order valence-electron chi connectivity index (χ3n) is 4.09. The van der Waals surface area contributed by atoms with Crippen molar-refractivity contribution in [1.82, 2.24) is 5.32 Å². The van der Waals surface area contributed by atoms with Crippen LogP contribution in [0.25, 0.3) is 0 Å². The molecule has 76 valence electrons. The van der Waals surface area contributed by atoms with Crippen LogP contribution in [0.4, 0.5) is 0 Å². The monoisotopic (exact) mass is 183 g/mol. The van der Waals surface area contributed by atoms with Crippen LogP contribution >= 0.6 is 0 Å². The highest BCUT2D eigenvalue weighted by Crippen LogP contribution is 2.46. The Kier molecular flexibility index (Phi) is 1.97. The quantitative estimate of drug-likeness (QED) is 0.695. The molecule has 2 heteroatoms. The lowest BCUT2D eigenvalue weighted by atomic mass is 9.64. The molecule has 0 aromatic rings. The maximum Gasteiger partial charge on any atom is 0.0621 e. The smallest absolute Gasteiger partial charge is 0.0621 e. The summed E-state index contributed by atoms with van der Waals surface area (Å²) in [7, 11) is 0. The van der Waals surface area contributed by atoms with Crippen molar-refractivity contribution in [1.29, 1.82) is 0 Å². The predicted octanol–water partition coefficient (Wildman–Crippen LogP) is 1.54. The lowest BCUT2D eigenvalue weighted by molar-refractivity contribution is -0.0734. The van der Waals surface area contributed by atoms with Gasteiger partial charge in [-0.2, -0.15) is 0 Å². The van der Waals surface area contributed by atoms with E-state index in [1.165, 1.54) is 12.8 Å². The fourth-order valence-electron chi connectivity index (χ4n) is 2.01. The van der Waals surface area contributed by atoms with Crippen LogP contribution in [0.1, 0.15) is 40.0 Å². The van der Waals surface area contributed by atoms with Crippen molar-refractivity contribution in [2.75, 3.05) is 6.54 Å². The Morgan fingerprint density at radius 1 is 1.31 bits per heavy atom. The minimum absolute atomic E-state index is 0.0885. The molecule has 0 aromatic heterocycles. The molecule has 13 heavy (non-hydrogen) atoms. The van der Waals surface area contributed by atoms with E-state index in [1.54, 1.807) is 0 Å². The van der Waals surface area contributed by atoms with Gasteiger partial charge in [-0.25, -0.2) is 0 Å². The average Bonchev–Trinajstić information content (AvgIpc) is 2.78. The normalized spacial score (nSPS) is 39.7. The first-order chi connectivity index (χ1) is 5.94. The molecule has 2 rings (SSSR count). The second-order valence-electron chi connectivity index (χ2n) is 5.82. The van der Waals surface area contributed by atoms with E-state index < -0.39 is 0 Å². The number of hydrogen-bond acceptors (Lipinski definition) is 2. The first-order valence-electron chi connectivity index (χ1n) is 5.35. The molecule has 2 saturated carbocycles. The number of hydrogen-bond donors (Lipinski definition) is 2. The van der Waals surface area contributed by atoms with E-state index in [1.807, 2.05) is 0 Å². The van der Waals surface area contributed by atoms with E-state index in [0.29, 0.717) is 11.5 Å². The number of aliphatic hydroxyl groups is 1. The highest BCUT2D eigenvalue weighted by molar-refractivity contribution is 5.03. The molecule has 0 aliphatic heterocycles. The Bertz CT molecular complexity index is 208. The van der Waals surface area contributed by atoms with Crippen LogP contribution in [0, 0.1) is 10.8 Å². The molecular weight excluding hydrogens is 162 g/mol. The van der Waals surface area contributed by atoms with E-state index in [2.05, 4.69) is 26.1 Å². The highest BCUT2D eigenvalue weighted by atomic mass is 16.3. The molecule has 2 aliphatic rings. The molecule has 0 radical (unpaired) electrons. The summed E-state index contributed by atoms with van der Waals surface area (Å²) in [5.74, 6) is 0. The van der Waals surface area contributed by atoms with Gasteiger partial charge in [-0.1, -0.05) is 20.8 Å². The minimum atomic E-state index is -0.1000. The summed E-state index contributed by atoms with van der Waals surface area (Å²) in [6, 6.07) is 0.528. The summed E-state index contributed by atoms with van der Waals surface area (Å²) in [6.07, 6.45) is 3.58. The Balaban J connectivity index is 1.77.